The van der Waals surface area contributed by atoms with E-state index in [9.17, 15) is 4.79 Å². The number of piperidine rings is 1. The molecule has 16 heavy (non-hydrogen) atoms. The van der Waals surface area contributed by atoms with Gasteiger partial charge in [0, 0.05) is 12.0 Å². The van der Waals surface area contributed by atoms with Crippen molar-refractivity contribution in [3.05, 3.63) is 0 Å². The molecule has 1 aliphatic heterocycles. The number of carbonyl (C=O) groups is 1. The van der Waals surface area contributed by atoms with Gasteiger partial charge in [-0.1, -0.05) is 19.8 Å². The van der Waals surface area contributed by atoms with Crippen molar-refractivity contribution in [1.29, 1.82) is 0 Å². The van der Waals surface area contributed by atoms with Gasteiger partial charge in [0.25, 0.3) is 0 Å². The van der Waals surface area contributed by atoms with Crippen LogP contribution in [0, 0.1) is 11.3 Å². The average Bonchev–Trinajstić information content (AvgIpc) is 2.76. The third kappa shape index (κ3) is 2.76. The van der Waals surface area contributed by atoms with Crippen LogP contribution >= 0.6 is 0 Å². The molecule has 92 valence electrons. The van der Waals surface area contributed by atoms with Gasteiger partial charge in [-0.2, -0.15) is 0 Å². The average molecular weight is 224 g/mol. The Morgan fingerprint density at radius 2 is 1.94 bits per heavy atom. The first-order chi connectivity index (χ1) is 7.71. The van der Waals surface area contributed by atoms with Crippen molar-refractivity contribution in [3.63, 3.8) is 0 Å². The van der Waals surface area contributed by atoms with Gasteiger partial charge in [0.15, 0.2) is 0 Å². The molecule has 1 saturated carbocycles. The van der Waals surface area contributed by atoms with Gasteiger partial charge < -0.3 is 10.6 Å². The van der Waals surface area contributed by atoms with Crippen LogP contribution in [0.15, 0.2) is 0 Å². The first kappa shape index (κ1) is 11.9. The van der Waals surface area contributed by atoms with Gasteiger partial charge in [0.1, 0.15) is 0 Å². The predicted octanol–water partition coefficient (Wildman–Crippen LogP) is 1.68. The van der Waals surface area contributed by atoms with E-state index in [1.807, 2.05) is 0 Å². The number of carbonyl (C=O) groups excluding carboxylic acids is 1. The van der Waals surface area contributed by atoms with Gasteiger partial charge in [-0.15, -0.1) is 0 Å². The zero-order valence-electron chi connectivity index (χ0n) is 10.3. The Balaban J connectivity index is 1.74. The summed E-state index contributed by atoms with van der Waals surface area (Å²) in [5.74, 6) is 0.985. The fraction of sp³-hybridized carbons (Fsp3) is 0.923. The summed E-state index contributed by atoms with van der Waals surface area (Å²) in [6.07, 6.45) is 7.00. The molecular formula is C13H24N2O. The van der Waals surface area contributed by atoms with Crippen LogP contribution in [-0.4, -0.2) is 25.5 Å². The topological polar surface area (TPSA) is 41.1 Å². The van der Waals surface area contributed by atoms with Crippen LogP contribution in [0.25, 0.3) is 0 Å². The zero-order valence-corrected chi connectivity index (χ0v) is 10.3. The van der Waals surface area contributed by atoms with E-state index in [1.165, 1.54) is 25.7 Å². The van der Waals surface area contributed by atoms with Crippen molar-refractivity contribution < 1.29 is 4.79 Å². The highest BCUT2D eigenvalue weighted by molar-refractivity contribution is 5.82. The maximum atomic E-state index is 12.1. The maximum absolute atomic E-state index is 12.1. The molecule has 2 fully saturated rings. The molecule has 0 aromatic heterocycles. The van der Waals surface area contributed by atoms with Crippen molar-refractivity contribution in [2.45, 2.75) is 45.4 Å². The van der Waals surface area contributed by atoms with Gasteiger partial charge in [0.2, 0.25) is 5.91 Å². The summed E-state index contributed by atoms with van der Waals surface area (Å²) in [5, 5.41) is 6.52. The first-order valence-corrected chi connectivity index (χ1v) is 6.70. The Bertz CT molecular complexity index is 240. The Kier molecular flexibility index (Phi) is 3.85. The molecule has 0 aromatic rings. The second kappa shape index (κ2) is 5.17. The second-order valence-corrected chi connectivity index (χ2v) is 5.67. The van der Waals surface area contributed by atoms with Gasteiger partial charge in [-0.25, -0.2) is 0 Å². The van der Waals surface area contributed by atoms with Crippen LogP contribution in [0.3, 0.4) is 0 Å². The minimum absolute atomic E-state index is 0.0626. The molecular weight excluding hydrogens is 200 g/mol. The summed E-state index contributed by atoms with van der Waals surface area (Å²) >= 11 is 0. The molecule has 0 spiro atoms. The van der Waals surface area contributed by atoms with Crippen LogP contribution in [0.1, 0.15) is 45.4 Å². The summed E-state index contributed by atoms with van der Waals surface area (Å²) in [6.45, 7) is 5.23. The molecule has 0 atom stereocenters. The number of nitrogens with one attached hydrogen (secondary N) is 2. The van der Waals surface area contributed by atoms with E-state index >= 15 is 0 Å². The third-order valence-electron chi connectivity index (χ3n) is 4.27. The highest BCUT2D eigenvalue weighted by Crippen LogP contribution is 2.37. The molecule has 3 heteroatoms. The van der Waals surface area contributed by atoms with E-state index in [4.69, 9.17) is 0 Å². The zero-order chi connectivity index (χ0) is 11.4. The number of rotatable bonds is 3. The molecule has 1 amide bonds. The summed E-state index contributed by atoms with van der Waals surface area (Å²) in [6, 6.07) is 0. The molecule has 0 aromatic carbocycles. The van der Waals surface area contributed by atoms with Gasteiger partial charge >= 0.3 is 0 Å². The molecule has 2 N–H and O–H groups in total. The first-order valence-electron chi connectivity index (χ1n) is 6.70. The van der Waals surface area contributed by atoms with Crippen LogP contribution < -0.4 is 10.6 Å². The molecule has 3 nitrogen and oxygen atoms in total. The SMILES string of the molecule is CC1(C(=O)NCC2CCNCC2)CCCC1. The van der Waals surface area contributed by atoms with E-state index in [0.29, 0.717) is 11.8 Å². The van der Waals surface area contributed by atoms with Crippen molar-refractivity contribution in [2.75, 3.05) is 19.6 Å². The quantitative estimate of drug-likeness (QED) is 0.766. The van der Waals surface area contributed by atoms with Crippen LogP contribution in [-0.2, 0) is 4.79 Å². The predicted molar refractivity (Wildman–Crippen MR) is 65.2 cm³/mol. The summed E-state index contributed by atoms with van der Waals surface area (Å²) < 4.78 is 0. The number of hydrogen-bond acceptors (Lipinski definition) is 2. The van der Waals surface area contributed by atoms with E-state index in [1.54, 1.807) is 0 Å². The minimum Gasteiger partial charge on any atom is -0.355 e. The molecule has 2 rings (SSSR count). The summed E-state index contributed by atoms with van der Waals surface area (Å²) in [4.78, 5) is 12.1. The normalized spacial score (nSPS) is 25.6. The largest absolute Gasteiger partial charge is 0.355 e. The van der Waals surface area contributed by atoms with Crippen molar-refractivity contribution in [3.8, 4) is 0 Å². The third-order valence-corrected chi connectivity index (χ3v) is 4.27. The van der Waals surface area contributed by atoms with E-state index in [2.05, 4.69) is 17.6 Å². The van der Waals surface area contributed by atoms with Gasteiger partial charge in [0.05, 0.1) is 0 Å². The van der Waals surface area contributed by atoms with Crippen LogP contribution in [0.2, 0.25) is 0 Å². The second-order valence-electron chi connectivity index (χ2n) is 5.67. The molecule has 1 saturated heterocycles. The van der Waals surface area contributed by atoms with Gasteiger partial charge in [-0.05, 0) is 44.7 Å². The minimum atomic E-state index is -0.0626. The Hall–Kier alpha value is -0.570. The smallest absolute Gasteiger partial charge is 0.225 e. The summed E-state index contributed by atoms with van der Waals surface area (Å²) in [5.41, 5.74) is -0.0626. The molecule has 1 heterocycles. The molecule has 1 aliphatic carbocycles. The highest BCUT2D eigenvalue weighted by Gasteiger charge is 2.36. The standard InChI is InChI=1S/C13H24N2O/c1-13(6-2-3-7-13)12(16)15-10-11-4-8-14-9-5-11/h11,14H,2-10H2,1H3,(H,15,16). The van der Waals surface area contributed by atoms with Crippen molar-refractivity contribution in [1.82, 2.24) is 10.6 Å². The lowest BCUT2D eigenvalue weighted by Gasteiger charge is -2.26. The number of hydrogen-bond donors (Lipinski definition) is 2. The van der Waals surface area contributed by atoms with E-state index < -0.39 is 0 Å². The molecule has 2 aliphatic rings. The lowest BCUT2D eigenvalue weighted by molar-refractivity contribution is -0.130. The molecule has 0 radical (unpaired) electrons. The van der Waals surface area contributed by atoms with Gasteiger partial charge in [-0.3, -0.25) is 4.79 Å². The Labute approximate surface area is 98.4 Å². The molecule has 0 bridgehead atoms. The summed E-state index contributed by atoms with van der Waals surface area (Å²) in [7, 11) is 0. The fourth-order valence-corrected chi connectivity index (χ4v) is 2.92. The highest BCUT2D eigenvalue weighted by atomic mass is 16.2. The Morgan fingerprint density at radius 1 is 1.31 bits per heavy atom. The lowest BCUT2D eigenvalue weighted by Crippen LogP contribution is -2.41. The fourth-order valence-electron chi connectivity index (χ4n) is 2.92. The van der Waals surface area contributed by atoms with E-state index in [0.717, 1.165) is 32.5 Å². The lowest BCUT2D eigenvalue weighted by atomic mass is 9.87. The van der Waals surface area contributed by atoms with E-state index in [-0.39, 0.29) is 5.41 Å². The molecule has 0 unspecified atom stereocenters. The van der Waals surface area contributed by atoms with Crippen LogP contribution in [0.5, 0.6) is 0 Å². The van der Waals surface area contributed by atoms with Crippen molar-refractivity contribution >= 4 is 5.91 Å². The Morgan fingerprint density at radius 3 is 2.56 bits per heavy atom. The van der Waals surface area contributed by atoms with Crippen molar-refractivity contribution in [2.24, 2.45) is 11.3 Å². The van der Waals surface area contributed by atoms with Crippen LogP contribution in [0.4, 0.5) is 0 Å². The monoisotopic (exact) mass is 224 g/mol. The number of amides is 1. The maximum Gasteiger partial charge on any atom is 0.225 e.